The monoisotopic (exact) mass is 327 g/mol. The Balaban J connectivity index is 1.78. The molecule has 0 spiro atoms. The van der Waals surface area contributed by atoms with Gasteiger partial charge in [0, 0.05) is 25.4 Å². The van der Waals surface area contributed by atoms with Crippen molar-refractivity contribution < 1.29 is 14.3 Å². The van der Waals surface area contributed by atoms with E-state index in [0.717, 1.165) is 18.8 Å². The number of nitrogens with one attached hydrogen (secondary N) is 1. The molecule has 1 amide bonds. The Morgan fingerprint density at radius 2 is 1.92 bits per heavy atom. The number of pyridine rings is 1. The van der Waals surface area contributed by atoms with Gasteiger partial charge in [-0.05, 0) is 31.0 Å². The van der Waals surface area contributed by atoms with Gasteiger partial charge in [0.2, 0.25) is 0 Å². The molecule has 0 bridgehead atoms. The molecular weight excluding hydrogens is 306 g/mol. The van der Waals surface area contributed by atoms with E-state index in [4.69, 9.17) is 9.47 Å². The molecule has 2 aromatic rings. The van der Waals surface area contributed by atoms with Gasteiger partial charge >= 0.3 is 0 Å². The second-order valence-corrected chi connectivity index (χ2v) is 5.65. The fraction of sp³-hybridized carbons (Fsp3) is 0.333. The Hall–Kier alpha value is -2.76. The fourth-order valence-electron chi connectivity index (χ4n) is 2.80. The number of hydrogen-bond donors (Lipinski definition) is 1. The highest BCUT2D eigenvalue weighted by Gasteiger charge is 2.16. The highest BCUT2D eigenvalue weighted by Crippen LogP contribution is 2.29. The van der Waals surface area contributed by atoms with E-state index >= 15 is 0 Å². The van der Waals surface area contributed by atoms with Crippen LogP contribution in [0.1, 0.15) is 23.2 Å². The Morgan fingerprint density at radius 3 is 2.62 bits per heavy atom. The zero-order valence-electron chi connectivity index (χ0n) is 13.9. The molecule has 1 aromatic heterocycles. The van der Waals surface area contributed by atoms with Crippen molar-refractivity contribution in [1.82, 2.24) is 4.98 Å². The molecule has 1 aliphatic rings. The van der Waals surface area contributed by atoms with Crippen LogP contribution in [0.15, 0.2) is 36.7 Å². The van der Waals surface area contributed by atoms with Gasteiger partial charge in [-0.15, -0.1) is 0 Å². The van der Waals surface area contributed by atoms with E-state index in [-0.39, 0.29) is 5.91 Å². The molecule has 6 heteroatoms. The zero-order chi connectivity index (χ0) is 16.9. The minimum absolute atomic E-state index is 0.216. The van der Waals surface area contributed by atoms with E-state index < -0.39 is 0 Å². The average molecular weight is 327 g/mol. The summed E-state index contributed by atoms with van der Waals surface area (Å²) in [6.45, 7) is 2.03. The molecule has 1 aromatic carbocycles. The van der Waals surface area contributed by atoms with Crippen LogP contribution < -0.4 is 19.7 Å². The topological polar surface area (TPSA) is 63.7 Å². The highest BCUT2D eigenvalue weighted by molar-refractivity contribution is 6.05. The molecule has 1 saturated heterocycles. The van der Waals surface area contributed by atoms with E-state index in [0.29, 0.717) is 22.7 Å². The number of anilines is 2. The predicted molar refractivity (Wildman–Crippen MR) is 93.2 cm³/mol. The summed E-state index contributed by atoms with van der Waals surface area (Å²) < 4.78 is 10.5. The Kier molecular flexibility index (Phi) is 4.84. The van der Waals surface area contributed by atoms with Crippen molar-refractivity contribution in [1.29, 1.82) is 0 Å². The first-order chi connectivity index (χ1) is 11.7. The third-order valence-corrected chi connectivity index (χ3v) is 4.11. The van der Waals surface area contributed by atoms with Crippen molar-refractivity contribution in [3.63, 3.8) is 0 Å². The smallest absolute Gasteiger partial charge is 0.257 e. The predicted octanol–water partition coefficient (Wildman–Crippen LogP) is 2.95. The van der Waals surface area contributed by atoms with Crippen LogP contribution in [0.2, 0.25) is 0 Å². The first-order valence-corrected chi connectivity index (χ1v) is 7.94. The largest absolute Gasteiger partial charge is 0.497 e. The highest BCUT2D eigenvalue weighted by atomic mass is 16.5. The molecule has 1 N–H and O–H groups in total. The van der Waals surface area contributed by atoms with Crippen LogP contribution in [0.5, 0.6) is 11.5 Å². The minimum Gasteiger partial charge on any atom is -0.497 e. The molecule has 6 nitrogen and oxygen atoms in total. The van der Waals surface area contributed by atoms with Crippen molar-refractivity contribution >= 4 is 17.3 Å². The first-order valence-electron chi connectivity index (χ1n) is 7.94. The van der Waals surface area contributed by atoms with Crippen LogP contribution >= 0.6 is 0 Å². The maximum Gasteiger partial charge on any atom is 0.257 e. The maximum absolute atomic E-state index is 12.5. The molecule has 1 fully saturated rings. The molecule has 126 valence electrons. The minimum atomic E-state index is -0.216. The van der Waals surface area contributed by atoms with E-state index in [1.807, 2.05) is 6.07 Å². The number of methoxy groups -OCH3 is 2. The van der Waals surface area contributed by atoms with Gasteiger partial charge < -0.3 is 19.7 Å². The summed E-state index contributed by atoms with van der Waals surface area (Å²) in [5, 5.41) is 2.87. The number of ether oxygens (including phenoxy) is 2. The van der Waals surface area contributed by atoms with Gasteiger partial charge in [0.1, 0.15) is 11.5 Å². The molecule has 2 heterocycles. The van der Waals surface area contributed by atoms with E-state index in [2.05, 4.69) is 15.2 Å². The van der Waals surface area contributed by atoms with Gasteiger partial charge in [-0.25, -0.2) is 0 Å². The summed E-state index contributed by atoms with van der Waals surface area (Å²) >= 11 is 0. The molecule has 0 atom stereocenters. The molecule has 0 radical (unpaired) electrons. The van der Waals surface area contributed by atoms with Crippen LogP contribution in [0.3, 0.4) is 0 Å². The molecule has 0 aliphatic carbocycles. The van der Waals surface area contributed by atoms with Gasteiger partial charge in [0.25, 0.3) is 5.91 Å². The van der Waals surface area contributed by atoms with Crippen LogP contribution in [-0.4, -0.2) is 38.2 Å². The third kappa shape index (κ3) is 3.42. The standard InChI is InChI=1S/C18H21N3O3/c1-23-15-5-6-16(17(10-15)24-2)20-18(22)13-9-14(12-19-11-13)21-7-3-4-8-21/h5-6,9-12H,3-4,7-8H2,1-2H3,(H,20,22). The van der Waals surface area contributed by atoms with Gasteiger partial charge in [-0.1, -0.05) is 0 Å². The van der Waals surface area contributed by atoms with Crippen molar-refractivity contribution in [3.8, 4) is 11.5 Å². The summed E-state index contributed by atoms with van der Waals surface area (Å²) in [6, 6.07) is 7.14. The number of nitrogens with zero attached hydrogens (tertiary/aromatic N) is 2. The summed E-state index contributed by atoms with van der Waals surface area (Å²) in [6.07, 6.45) is 5.74. The lowest BCUT2D eigenvalue weighted by Gasteiger charge is -2.17. The van der Waals surface area contributed by atoms with Crippen molar-refractivity contribution in [2.75, 3.05) is 37.5 Å². The first kappa shape index (κ1) is 16.1. The van der Waals surface area contributed by atoms with Crippen LogP contribution in [-0.2, 0) is 0 Å². The van der Waals surface area contributed by atoms with Crippen molar-refractivity contribution in [2.45, 2.75) is 12.8 Å². The molecule has 3 rings (SSSR count). The second kappa shape index (κ2) is 7.21. The number of rotatable bonds is 5. The lowest BCUT2D eigenvalue weighted by Crippen LogP contribution is -2.19. The van der Waals surface area contributed by atoms with E-state index in [9.17, 15) is 4.79 Å². The van der Waals surface area contributed by atoms with Gasteiger partial charge in [-0.2, -0.15) is 0 Å². The van der Waals surface area contributed by atoms with Crippen LogP contribution in [0.4, 0.5) is 11.4 Å². The number of amides is 1. The van der Waals surface area contributed by atoms with Gasteiger partial charge in [0.05, 0.1) is 37.4 Å². The van der Waals surface area contributed by atoms with E-state index in [1.165, 1.54) is 12.8 Å². The Bertz CT molecular complexity index is 727. The normalized spacial score (nSPS) is 13.7. The SMILES string of the molecule is COc1ccc(NC(=O)c2cncc(N3CCCC3)c2)c(OC)c1. The molecule has 24 heavy (non-hydrogen) atoms. The number of benzene rings is 1. The van der Waals surface area contributed by atoms with E-state index in [1.54, 1.807) is 44.8 Å². The maximum atomic E-state index is 12.5. The molecule has 0 saturated carbocycles. The summed E-state index contributed by atoms with van der Waals surface area (Å²) in [5.74, 6) is 1.00. The van der Waals surface area contributed by atoms with Crippen LogP contribution in [0.25, 0.3) is 0 Å². The Labute approximate surface area is 141 Å². The zero-order valence-corrected chi connectivity index (χ0v) is 13.9. The van der Waals surface area contributed by atoms with Crippen molar-refractivity contribution in [2.24, 2.45) is 0 Å². The Morgan fingerprint density at radius 1 is 1.12 bits per heavy atom. The molecule has 0 unspecified atom stereocenters. The second-order valence-electron chi connectivity index (χ2n) is 5.65. The quantitative estimate of drug-likeness (QED) is 0.915. The summed E-state index contributed by atoms with van der Waals surface area (Å²) in [4.78, 5) is 19.0. The number of hydrogen-bond acceptors (Lipinski definition) is 5. The fourth-order valence-corrected chi connectivity index (χ4v) is 2.80. The van der Waals surface area contributed by atoms with Gasteiger partial charge in [-0.3, -0.25) is 9.78 Å². The lowest BCUT2D eigenvalue weighted by molar-refractivity contribution is 0.102. The average Bonchev–Trinajstić information content (AvgIpc) is 3.17. The number of carbonyl (C=O) groups is 1. The van der Waals surface area contributed by atoms with Crippen LogP contribution in [0, 0.1) is 0 Å². The molecular formula is C18H21N3O3. The number of aromatic nitrogens is 1. The van der Waals surface area contributed by atoms with Crippen molar-refractivity contribution in [3.05, 3.63) is 42.2 Å². The summed E-state index contributed by atoms with van der Waals surface area (Å²) in [5.41, 5.74) is 2.11. The number of carbonyl (C=O) groups excluding carboxylic acids is 1. The third-order valence-electron chi connectivity index (χ3n) is 4.11. The molecule has 1 aliphatic heterocycles. The van der Waals surface area contributed by atoms with Gasteiger partial charge in [0.15, 0.2) is 0 Å². The lowest BCUT2D eigenvalue weighted by atomic mass is 10.2. The summed E-state index contributed by atoms with van der Waals surface area (Å²) in [7, 11) is 3.14.